The highest BCUT2D eigenvalue weighted by Gasteiger charge is 2.46. The van der Waals surface area contributed by atoms with Gasteiger partial charge >= 0.3 is 5.97 Å². The van der Waals surface area contributed by atoms with Crippen LogP contribution < -0.4 is 0 Å². The van der Waals surface area contributed by atoms with Crippen LogP contribution in [0.4, 0.5) is 0 Å². The Bertz CT molecular complexity index is 318. The molecule has 104 valence electrons. The number of likely N-dealkylation sites (tertiary alicyclic amines) is 1. The minimum absolute atomic E-state index is 0.469. The molecule has 0 aromatic carbocycles. The summed E-state index contributed by atoms with van der Waals surface area (Å²) >= 11 is 0. The van der Waals surface area contributed by atoms with Crippen molar-refractivity contribution in [3.05, 3.63) is 0 Å². The highest BCUT2D eigenvalue weighted by atomic mass is 16.4. The van der Waals surface area contributed by atoms with E-state index in [0.717, 1.165) is 37.8 Å². The lowest BCUT2D eigenvalue weighted by molar-refractivity contribution is -0.148. The first kappa shape index (κ1) is 13.9. The summed E-state index contributed by atoms with van der Waals surface area (Å²) < 4.78 is 0. The fraction of sp³-hybridized carbons (Fsp3) is 0.933. The Balaban J connectivity index is 2.02. The van der Waals surface area contributed by atoms with Gasteiger partial charge in [0, 0.05) is 12.6 Å². The molecule has 1 N–H and O–H groups in total. The third-order valence-electron chi connectivity index (χ3n) is 5.37. The first-order valence-electron chi connectivity index (χ1n) is 7.46. The molecule has 18 heavy (non-hydrogen) atoms. The second-order valence-corrected chi connectivity index (χ2v) is 6.62. The van der Waals surface area contributed by atoms with Gasteiger partial charge in [0.25, 0.3) is 0 Å². The van der Waals surface area contributed by atoms with Crippen molar-refractivity contribution in [2.75, 3.05) is 13.1 Å². The lowest BCUT2D eigenvalue weighted by Gasteiger charge is -2.39. The number of carbonyl (C=O) groups is 1. The zero-order valence-electron chi connectivity index (χ0n) is 12.0. The van der Waals surface area contributed by atoms with Gasteiger partial charge in [-0.3, -0.25) is 9.69 Å². The minimum atomic E-state index is -0.593. The van der Waals surface area contributed by atoms with Gasteiger partial charge in [-0.25, -0.2) is 0 Å². The first-order chi connectivity index (χ1) is 8.48. The van der Waals surface area contributed by atoms with Crippen LogP contribution in [0.15, 0.2) is 0 Å². The zero-order valence-corrected chi connectivity index (χ0v) is 12.0. The van der Waals surface area contributed by atoms with Crippen LogP contribution in [-0.4, -0.2) is 35.1 Å². The van der Waals surface area contributed by atoms with Crippen molar-refractivity contribution in [1.29, 1.82) is 0 Å². The molecule has 0 bridgehead atoms. The van der Waals surface area contributed by atoms with Crippen molar-refractivity contribution in [2.45, 2.75) is 58.9 Å². The van der Waals surface area contributed by atoms with Crippen molar-refractivity contribution < 1.29 is 9.90 Å². The topological polar surface area (TPSA) is 40.5 Å². The van der Waals surface area contributed by atoms with Crippen molar-refractivity contribution in [2.24, 2.45) is 17.3 Å². The fourth-order valence-electron chi connectivity index (χ4n) is 3.99. The molecule has 4 unspecified atom stereocenters. The largest absolute Gasteiger partial charge is 0.481 e. The van der Waals surface area contributed by atoms with E-state index in [-0.39, 0.29) is 0 Å². The lowest BCUT2D eigenvalue weighted by Crippen LogP contribution is -2.43. The van der Waals surface area contributed by atoms with Gasteiger partial charge in [0.05, 0.1) is 5.41 Å². The predicted molar refractivity (Wildman–Crippen MR) is 72.5 cm³/mol. The van der Waals surface area contributed by atoms with Crippen LogP contribution in [-0.2, 0) is 4.79 Å². The van der Waals surface area contributed by atoms with Gasteiger partial charge in [-0.1, -0.05) is 20.8 Å². The normalized spacial score (nSPS) is 42.1. The number of rotatable bonds is 3. The third-order valence-corrected chi connectivity index (χ3v) is 5.37. The molecular weight excluding hydrogens is 226 g/mol. The van der Waals surface area contributed by atoms with E-state index in [1.807, 2.05) is 6.92 Å². The molecule has 3 nitrogen and oxygen atoms in total. The van der Waals surface area contributed by atoms with Crippen LogP contribution in [0, 0.1) is 17.3 Å². The fourth-order valence-corrected chi connectivity index (χ4v) is 3.99. The number of aliphatic carboxylic acids is 1. The third kappa shape index (κ3) is 2.42. The molecule has 4 atom stereocenters. The molecule has 0 aromatic heterocycles. The van der Waals surface area contributed by atoms with E-state index in [9.17, 15) is 9.90 Å². The predicted octanol–water partition coefficient (Wildman–Crippen LogP) is 3.00. The maximum absolute atomic E-state index is 11.5. The first-order valence-corrected chi connectivity index (χ1v) is 7.46. The second kappa shape index (κ2) is 5.20. The minimum Gasteiger partial charge on any atom is -0.481 e. The SMILES string of the molecule is CCC1(C(=O)O)CCN(C2CCC(C)CC2C)C1. The van der Waals surface area contributed by atoms with Crippen LogP contribution in [0.25, 0.3) is 0 Å². The van der Waals surface area contributed by atoms with E-state index in [1.54, 1.807) is 0 Å². The molecule has 1 saturated carbocycles. The molecule has 1 aliphatic heterocycles. The monoisotopic (exact) mass is 253 g/mol. The number of nitrogens with zero attached hydrogens (tertiary/aromatic N) is 1. The summed E-state index contributed by atoms with van der Waals surface area (Å²) in [6.45, 7) is 8.44. The van der Waals surface area contributed by atoms with E-state index >= 15 is 0 Å². The van der Waals surface area contributed by atoms with E-state index < -0.39 is 11.4 Å². The zero-order chi connectivity index (χ0) is 13.3. The van der Waals surface area contributed by atoms with Gasteiger partial charge in [-0.2, -0.15) is 0 Å². The van der Waals surface area contributed by atoms with Crippen molar-refractivity contribution >= 4 is 5.97 Å². The molecule has 3 heteroatoms. The average molecular weight is 253 g/mol. The van der Waals surface area contributed by atoms with Gasteiger partial charge in [0.1, 0.15) is 0 Å². The Morgan fingerprint density at radius 1 is 1.39 bits per heavy atom. The maximum Gasteiger partial charge on any atom is 0.310 e. The van der Waals surface area contributed by atoms with E-state index in [2.05, 4.69) is 18.7 Å². The van der Waals surface area contributed by atoms with Gasteiger partial charge in [0.2, 0.25) is 0 Å². The smallest absolute Gasteiger partial charge is 0.310 e. The Hall–Kier alpha value is -0.570. The van der Waals surface area contributed by atoms with Crippen LogP contribution >= 0.6 is 0 Å². The molecule has 0 aromatic rings. The molecule has 1 aliphatic carbocycles. The summed E-state index contributed by atoms with van der Waals surface area (Å²) in [5, 5.41) is 9.46. The standard InChI is InChI=1S/C15H27NO2/c1-4-15(14(17)18)7-8-16(10-15)13-6-5-11(2)9-12(13)3/h11-13H,4-10H2,1-3H3,(H,17,18). The molecule has 0 amide bonds. The van der Waals surface area contributed by atoms with E-state index in [0.29, 0.717) is 6.04 Å². The summed E-state index contributed by atoms with van der Waals surface area (Å²) in [6, 6.07) is 0.619. The molecule has 1 heterocycles. The van der Waals surface area contributed by atoms with Gasteiger partial charge in [-0.05, 0) is 50.5 Å². The van der Waals surface area contributed by atoms with E-state index in [1.165, 1.54) is 19.3 Å². The Morgan fingerprint density at radius 3 is 2.61 bits per heavy atom. The van der Waals surface area contributed by atoms with Gasteiger partial charge < -0.3 is 5.11 Å². The highest BCUT2D eigenvalue weighted by molar-refractivity contribution is 5.75. The highest BCUT2D eigenvalue weighted by Crippen LogP contribution is 2.40. The van der Waals surface area contributed by atoms with Crippen LogP contribution in [0.3, 0.4) is 0 Å². The molecule has 0 spiro atoms. The molecule has 0 radical (unpaired) electrons. The van der Waals surface area contributed by atoms with Gasteiger partial charge in [0.15, 0.2) is 0 Å². The summed E-state index contributed by atoms with van der Waals surface area (Å²) in [5.74, 6) is 0.966. The summed E-state index contributed by atoms with van der Waals surface area (Å²) in [4.78, 5) is 14.0. The Labute approximate surface area is 111 Å². The van der Waals surface area contributed by atoms with Crippen molar-refractivity contribution in [3.63, 3.8) is 0 Å². The lowest BCUT2D eigenvalue weighted by atomic mass is 9.79. The second-order valence-electron chi connectivity index (χ2n) is 6.62. The average Bonchev–Trinajstić information content (AvgIpc) is 2.74. The maximum atomic E-state index is 11.5. The van der Waals surface area contributed by atoms with Crippen molar-refractivity contribution in [1.82, 2.24) is 4.90 Å². The summed E-state index contributed by atoms with van der Waals surface area (Å²) in [5.41, 5.74) is -0.469. The molecule has 2 rings (SSSR count). The van der Waals surface area contributed by atoms with E-state index in [4.69, 9.17) is 0 Å². The molecular formula is C15H27NO2. The summed E-state index contributed by atoms with van der Waals surface area (Å²) in [7, 11) is 0. The van der Waals surface area contributed by atoms with Crippen molar-refractivity contribution in [3.8, 4) is 0 Å². The Morgan fingerprint density at radius 2 is 2.11 bits per heavy atom. The molecule has 2 aliphatic rings. The number of hydrogen-bond acceptors (Lipinski definition) is 2. The number of carboxylic acids is 1. The molecule has 1 saturated heterocycles. The quantitative estimate of drug-likeness (QED) is 0.840. The van der Waals surface area contributed by atoms with Crippen LogP contribution in [0.1, 0.15) is 52.9 Å². The number of hydrogen-bond donors (Lipinski definition) is 1. The van der Waals surface area contributed by atoms with Crippen LogP contribution in [0.2, 0.25) is 0 Å². The van der Waals surface area contributed by atoms with Crippen LogP contribution in [0.5, 0.6) is 0 Å². The van der Waals surface area contributed by atoms with Gasteiger partial charge in [-0.15, -0.1) is 0 Å². The number of carboxylic acid groups (broad SMARTS) is 1. The Kier molecular flexibility index (Phi) is 4.00. The molecule has 2 fully saturated rings. The summed E-state index contributed by atoms with van der Waals surface area (Å²) in [6.07, 6.45) is 5.45.